The van der Waals surface area contributed by atoms with Crippen LogP contribution < -0.4 is 10.2 Å². The number of nitrogens with zero attached hydrogens (tertiary/aromatic N) is 1. The SMILES string of the molecule is O=C(Nc1cc(Cl)ccc1N1CCCCC1)C1CCCC(C(F)(F)F)C1. The summed E-state index contributed by atoms with van der Waals surface area (Å²) in [5.74, 6) is -2.32. The van der Waals surface area contributed by atoms with E-state index in [2.05, 4.69) is 10.2 Å². The topological polar surface area (TPSA) is 32.3 Å². The fourth-order valence-corrected chi connectivity index (χ4v) is 4.15. The molecule has 1 aromatic carbocycles. The molecule has 2 unspecified atom stereocenters. The first kappa shape index (κ1) is 19.3. The summed E-state index contributed by atoms with van der Waals surface area (Å²) in [5, 5.41) is 3.36. The van der Waals surface area contributed by atoms with Crippen LogP contribution in [0.15, 0.2) is 18.2 Å². The molecular formula is C19H24ClF3N2O. The van der Waals surface area contributed by atoms with Crippen molar-refractivity contribution in [3.63, 3.8) is 0 Å². The lowest BCUT2D eigenvalue weighted by atomic mass is 9.80. The third-order valence-corrected chi connectivity index (χ3v) is 5.66. The van der Waals surface area contributed by atoms with Crippen LogP contribution in [0, 0.1) is 11.8 Å². The van der Waals surface area contributed by atoms with Crippen LogP contribution in [0.5, 0.6) is 0 Å². The van der Waals surface area contributed by atoms with Gasteiger partial charge in [0.2, 0.25) is 5.91 Å². The monoisotopic (exact) mass is 388 g/mol. The highest BCUT2D eigenvalue weighted by Crippen LogP contribution is 2.40. The highest BCUT2D eigenvalue weighted by Gasteiger charge is 2.43. The molecule has 1 amide bonds. The summed E-state index contributed by atoms with van der Waals surface area (Å²) in [7, 11) is 0. The molecule has 144 valence electrons. The van der Waals surface area contributed by atoms with Crippen LogP contribution in [-0.4, -0.2) is 25.2 Å². The summed E-state index contributed by atoms with van der Waals surface area (Å²) in [6.45, 7) is 1.81. The van der Waals surface area contributed by atoms with Crippen LogP contribution in [0.2, 0.25) is 5.02 Å². The van der Waals surface area contributed by atoms with Crippen molar-refractivity contribution in [1.29, 1.82) is 0 Å². The Morgan fingerprint density at radius 3 is 2.54 bits per heavy atom. The third kappa shape index (κ3) is 4.64. The lowest BCUT2D eigenvalue weighted by molar-refractivity contribution is -0.185. The van der Waals surface area contributed by atoms with Crippen molar-refractivity contribution in [3.05, 3.63) is 23.2 Å². The largest absolute Gasteiger partial charge is 0.391 e. The summed E-state index contributed by atoms with van der Waals surface area (Å²) >= 11 is 6.09. The van der Waals surface area contributed by atoms with Crippen molar-refractivity contribution in [1.82, 2.24) is 0 Å². The molecular weight excluding hydrogens is 365 g/mol. The minimum atomic E-state index is -4.23. The summed E-state index contributed by atoms with van der Waals surface area (Å²) in [4.78, 5) is 14.8. The second-order valence-corrected chi connectivity index (χ2v) is 7.74. The van der Waals surface area contributed by atoms with Gasteiger partial charge in [0.05, 0.1) is 17.3 Å². The van der Waals surface area contributed by atoms with Crippen LogP contribution in [0.25, 0.3) is 0 Å². The molecule has 3 nitrogen and oxygen atoms in total. The smallest absolute Gasteiger partial charge is 0.370 e. The third-order valence-electron chi connectivity index (χ3n) is 5.42. The van der Waals surface area contributed by atoms with E-state index in [9.17, 15) is 18.0 Å². The molecule has 0 spiro atoms. The molecule has 0 radical (unpaired) electrons. The molecule has 0 aromatic heterocycles. The summed E-state index contributed by atoms with van der Waals surface area (Å²) in [5.41, 5.74) is 1.49. The van der Waals surface area contributed by atoms with Crippen molar-refractivity contribution < 1.29 is 18.0 Å². The van der Waals surface area contributed by atoms with Gasteiger partial charge in [0.25, 0.3) is 0 Å². The summed E-state index contributed by atoms with van der Waals surface area (Å²) in [6.07, 6.45) is 0.0473. The molecule has 1 saturated heterocycles. The van der Waals surface area contributed by atoms with Crippen LogP contribution in [0.4, 0.5) is 24.5 Å². The molecule has 7 heteroatoms. The molecule has 1 N–H and O–H groups in total. The zero-order valence-corrected chi connectivity index (χ0v) is 15.4. The van der Waals surface area contributed by atoms with Gasteiger partial charge in [-0.15, -0.1) is 0 Å². The second-order valence-electron chi connectivity index (χ2n) is 7.30. The minimum Gasteiger partial charge on any atom is -0.370 e. The Hall–Kier alpha value is -1.43. The van der Waals surface area contributed by atoms with E-state index in [4.69, 9.17) is 11.6 Å². The Morgan fingerprint density at radius 1 is 1.12 bits per heavy atom. The lowest BCUT2D eigenvalue weighted by Crippen LogP contribution is -2.35. The number of anilines is 2. The van der Waals surface area contributed by atoms with Crippen molar-refractivity contribution in [2.45, 2.75) is 51.1 Å². The molecule has 1 saturated carbocycles. The quantitative estimate of drug-likeness (QED) is 0.727. The van der Waals surface area contributed by atoms with E-state index in [0.717, 1.165) is 31.6 Å². The Balaban J connectivity index is 1.73. The van der Waals surface area contributed by atoms with Gasteiger partial charge in [-0.1, -0.05) is 18.0 Å². The number of alkyl halides is 3. The first-order valence-electron chi connectivity index (χ1n) is 9.26. The predicted octanol–water partition coefficient (Wildman–Crippen LogP) is 5.64. The van der Waals surface area contributed by atoms with Gasteiger partial charge in [0.15, 0.2) is 0 Å². The Morgan fingerprint density at radius 2 is 1.85 bits per heavy atom. The number of halogens is 4. The molecule has 1 aliphatic carbocycles. The maximum Gasteiger partial charge on any atom is 0.391 e. The van der Waals surface area contributed by atoms with Crippen LogP contribution >= 0.6 is 11.6 Å². The molecule has 1 aromatic rings. The van der Waals surface area contributed by atoms with Crippen molar-refractivity contribution in [2.24, 2.45) is 11.8 Å². The van der Waals surface area contributed by atoms with Gasteiger partial charge in [0.1, 0.15) is 0 Å². The molecule has 0 bridgehead atoms. The minimum absolute atomic E-state index is 0.115. The number of piperidine rings is 1. The number of carbonyl (C=O) groups excluding carboxylic acids is 1. The Kier molecular flexibility index (Phi) is 6.00. The van der Waals surface area contributed by atoms with Gasteiger partial charge in [-0.05, 0) is 56.7 Å². The van der Waals surface area contributed by atoms with Gasteiger partial charge in [-0.25, -0.2) is 0 Å². The lowest BCUT2D eigenvalue weighted by Gasteiger charge is -2.32. The number of benzene rings is 1. The normalized spacial score (nSPS) is 24.4. The van der Waals surface area contributed by atoms with Gasteiger partial charge in [-0.3, -0.25) is 4.79 Å². The van der Waals surface area contributed by atoms with Crippen molar-refractivity contribution in [3.8, 4) is 0 Å². The van der Waals surface area contributed by atoms with Crippen LogP contribution in [0.1, 0.15) is 44.9 Å². The van der Waals surface area contributed by atoms with Gasteiger partial charge in [-0.2, -0.15) is 13.2 Å². The number of hydrogen-bond acceptors (Lipinski definition) is 2. The van der Waals surface area contributed by atoms with E-state index < -0.39 is 18.0 Å². The number of hydrogen-bond donors (Lipinski definition) is 1. The van der Waals surface area contributed by atoms with E-state index in [1.54, 1.807) is 12.1 Å². The van der Waals surface area contributed by atoms with Gasteiger partial charge in [0, 0.05) is 24.0 Å². The van der Waals surface area contributed by atoms with E-state index in [1.807, 2.05) is 6.07 Å². The molecule has 26 heavy (non-hydrogen) atoms. The van der Waals surface area contributed by atoms with Crippen LogP contribution in [-0.2, 0) is 4.79 Å². The fraction of sp³-hybridized carbons (Fsp3) is 0.632. The first-order chi connectivity index (χ1) is 12.3. The molecule has 1 aliphatic heterocycles. The predicted molar refractivity (Wildman–Crippen MR) is 97.6 cm³/mol. The zero-order valence-electron chi connectivity index (χ0n) is 14.6. The second kappa shape index (κ2) is 8.07. The molecule has 2 aliphatic rings. The fourth-order valence-electron chi connectivity index (χ4n) is 3.98. The van der Waals surface area contributed by atoms with Crippen molar-refractivity contribution in [2.75, 3.05) is 23.3 Å². The average Bonchev–Trinajstić information content (AvgIpc) is 2.62. The summed E-state index contributed by atoms with van der Waals surface area (Å²) in [6, 6.07) is 5.34. The number of carbonyl (C=O) groups is 1. The maximum absolute atomic E-state index is 13.0. The molecule has 2 atom stereocenters. The average molecular weight is 389 g/mol. The first-order valence-corrected chi connectivity index (χ1v) is 9.64. The summed E-state index contributed by atoms with van der Waals surface area (Å²) < 4.78 is 39.0. The highest BCUT2D eigenvalue weighted by molar-refractivity contribution is 6.31. The molecule has 1 heterocycles. The number of amides is 1. The van der Waals surface area contributed by atoms with E-state index in [1.165, 1.54) is 6.42 Å². The van der Waals surface area contributed by atoms with E-state index in [-0.39, 0.29) is 18.7 Å². The van der Waals surface area contributed by atoms with E-state index in [0.29, 0.717) is 23.6 Å². The van der Waals surface area contributed by atoms with Gasteiger partial charge >= 0.3 is 6.18 Å². The van der Waals surface area contributed by atoms with E-state index >= 15 is 0 Å². The number of rotatable bonds is 3. The van der Waals surface area contributed by atoms with Crippen LogP contribution in [0.3, 0.4) is 0 Å². The zero-order chi connectivity index (χ0) is 18.7. The number of nitrogens with one attached hydrogen (secondary N) is 1. The van der Waals surface area contributed by atoms with Gasteiger partial charge < -0.3 is 10.2 Å². The highest BCUT2D eigenvalue weighted by atomic mass is 35.5. The molecule has 2 fully saturated rings. The van der Waals surface area contributed by atoms with Crippen molar-refractivity contribution >= 4 is 28.9 Å². The Labute approximate surface area is 156 Å². The molecule has 3 rings (SSSR count). The Bertz CT molecular complexity index is 644. The maximum atomic E-state index is 13.0. The standard InChI is InChI=1S/C19H24ClF3N2O/c20-15-7-8-17(25-9-2-1-3-10-25)16(12-15)24-18(26)13-5-4-6-14(11-13)19(21,22)23/h7-8,12-14H,1-6,9-11H2,(H,24,26).